The average molecular weight is 228 g/mol. The fraction of sp³-hybridized carbons (Fsp3) is 0.400. The minimum absolute atomic E-state index is 0.505. The number of nitriles is 1. The van der Waals surface area contributed by atoms with Crippen molar-refractivity contribution in [1.29, 1.82) is 5.26 Å². The van der Waals surface area contributed by atoms with Crippen LogP contribution in [-0.4, -0.2) is 12.6 Å². The molecule has 0 amide bonds. The van der Waals surface area contributed by atoms with Crippen LogP contribution in [0.5, 0.6) is 0 Å². The van der Waals surface area contributed by atoms with Gasteiger partial charge in [0.2, 0.25) is 0 Å². The van der Waals surface area contributed by atoms with Crippen LogP contribution in [-0.2, 0) is 0 Å². The highest BCUT2D eigenvalue weighted by Crippen LogP contribution is 2.10. The van der Waals surface area contributed by atoms with Gasteiger partial charge >= 0.3 is 0 Å². The van der Waals surface area contributed by atoms with Crippen LogP contribution in [0.2, 0.25) is 0 Å². The fourth-order valence-electron chi connectivity index (χ4n) is 1.50. The number of hydrogen-bond acceptors (Lipinski definition) is 2. The lowest BCUT2D eigenvalue weighted by Crippen LogP contribution is -2.24. The monoisotopic (exact) mass is 228 g/mol. The van der Waals surface area contributed by atoms with E-state index in [1.54, 1.807) is 0 Å². The van der Waals surface area contributed by atoms with E-state index >= 15 is 0 Å². The molecule has 1 N–H and O–H groups in total. The average Bonchev–Trinajstić information content (AvgIpc) is 2.35. The zero-order valence-corrected chi connectivity index (χ0v) is 10.8. The second-order valence-electron chi connectivity index (χ2n) is 4.43. The molecule has 1 rings (SSSR count). The van der Waals surface area contributed by atoms with Gasteiger partial charge in [0.25, 0.3) is 0 Å². The second kappa shape index (κ2) is 6.88. The smallest absolute Gasteiger partial charge is 0.0991 e. The highest BCUT2D eigenvalue weighted by molar-refractivity contribution is 5.54. The topological polar surface area (TPSA) is 35.8 Å². The molecule has 0 unspecified atom stereocenters. The van der Waals surface area contributed by atoms with Gasteiger partial charge in [-0.05, 0) is 24.1 Å². The maximum atomic E-state index is 8.73. The molecular formula is C15H20N2. The van der Waals surface area contributed by atoms with Crippen molar-refractivity contribution in [2.24, 2.45) is 0 Å². The lowest BCUT2D eigenvalue weighted by molar-refractivity contribution is 0.617. The summed E-state index contributed by atoms with van der Waals surface area (Å²) in [6, 6.07) is 10.3. The van der Waals surface area contributed by atoms with E-state index in [-0.39, 0.29) is 0 Å². The molecule has 17 heavy (non-hydrogen) atoms. The Morgan fingerprint density at radius 2 is 2.00 bits per heavy atom. The van der Waals surface area contributed by atoms with E-state index in [0.29, 0.717) is 11.6 Å². The third-order valence-corrected chi connectivity index (χ3v) is 2.60. The predicted molar refractivity (Wildman–Crippen MR) is 72.6 cm³/mol. The number of rotatable bonds is 5. The van der Waals surface area contributed by atoms with E-state index in [1.165, 1.54) is 5.57 Å². The lowest BCUT2D eigenvalue weighted by Gasteiger charge is -2.10. The Labute approximate surface area is 104 Å². The van der Waals surface area contributed by atoms with Crippen molar-refractivity contribution in [3.63, 3.8) is 0 Å². The first-order chi connectivity index (χ1) is 8.15. The zero-order chi connectivity index (χ0) is 12.7. The van der Waals surface area contributed by atoms with Crippen molar-refractivity contribution < 1.29 is 0 Å². The van der Waals surface area contributed by atoms with Crippen LogP contribution in [0.1, 0.15) is 38.3 Å². The fourth-order valence-corrected chi connectivity index (χ4v) is 1.50. The minimum Gasteiger partial charge on any atom is -0.311 e. The van der Waals surface area contributed by atoms with Gasteiger partial charge in [0.05, 0.1) is 11.6 Å². The minimum atomic E-state index is 0.505. The summed E-state index contributed by atoms with van der Waals surface area (Å²) < 4.78 is 0. The van der Waals surface area contributed by atoms with E-state index in [2.05, 4.69) is 38.2 Å². The first-order valence-electron chi connectivity index (χ1n) is 6.08. The van der Waals surface area contributed by atoms with Gasteiger partial charge in [-0.15, -0.1) is 0 Å². The zero-order valence-electron chi connectivity index (χ0n) is 10.8. The van der Waals surface area contributed by atoms with Crippen molar-refractivity contribution in [3.8, 4) is 6.07 Å². The van der Waals surface area contributed by atoms with Crippen LogP contribution < -0.4 is 5.32 Å². The van der Waals surface area contributed by atoms with Crippen LogP contribution in [0.4, 0.5) is 0 Å². The molecule has 0 bridgehead atoms. The molecule has 0 radical (unpaired) electrons. The first-order valence-corrected chi connectivity index (χ1v) is 6.08. The second-order valence-corrected chi connectivity index (χ2v) is 4.43. The first kappa shape index (κ1) is 13.5. The standard InChI is InChI=1S/C15H20N2/c1-4-13(11-17-12(2)3)9-14-5-7-15(10-16)8-6-14/h5-9,12,17H,4,11H2,1-3H3. The molecule has 1 aromatic carbocycles. The SMILES string of the molecule is CCC(=Cc1ccc(C#N)cc1)CNC(C)C. The maximum absolute atomic E-state index is 8.73. The summed E-state index contributed by atoms with van der Waals surface area (Å²) in [6.45, 7) is 7.38. The highest BCUT2D eigenvalue weighted by Gasteiger charge is 1.98. The molecule has 0 saturated heterocycles. The largest absolute Gasteiger partial charge is 0.311 e. The van der Waals surface area contributed by atoms with Crippen molar-refractivity contribution in [2.45, 2.75) is 33.2 Å². The molecule has 1 aromatic rings. The quantitative estimate of drug-likeness (QED) is 0.839. The van der Waals surface area contributed by atoms with Gasteiger partial charge in [0.15, 0.2) is 0 Å². The number of nitrogens with one attached hydrogen (secondary N) is 1. The summed E-state index contributed by atoms with van der Waals surface area (Å²) in [7, 11) is 0. The number of nitrogens with zero attached hydrogens (tertiary/aromatic N) is 1. The van der Waals surface area contributed by atoms with E-state index in [0.717, 1.165) is 18.5 Å². The summed E-state index contributed by atoms with van der Waals surface area (Å²) in [5.74, 6) is 0. The highest BCUT2D eigenvalue weighted by atomic mass is 14.9. The van der Waals surface area contributed by atoms with Gasteiger partial charge in [-0.25, -0.2) is 0 Å². The molecule has 2 heteroatoms. The summed E-state index contributed by atoms with van der Waals surface area (Å²) in [5, 5.41) is 12.1. The summed E-state index contributed by atoms with van der Waals surface area (Å²) >= 11 is 0. The molecule has 2 nitrogen and oxygen atoms in total. The number of benzene rings is 1. The third-order valence-electron chi connectivity index (χ3n) is 2.60. The Kier molecular flexibility index (Phi) is 5.45. The molecule has 0 saturated carbocycles. The molecule has 0 aliphatic rings. The van der Waals surface area contributed by atoms with Crippen molar-refractivity contribution in [1.82, 2.24) is 5.32 Å². The van der Waals surface area contributed by atoms with Gasteiger partial charge in [-0.3, -0.25) is 0 Å². The molecule has 0 fully saturated rings. The summed E-state index contributed by atoms with van der Waals surface area (Å²) in [4.78, 5) is 0. The van der Waals surface area contributed by atoms with E-state index < -0.39 is 0 Å². The summed E-state index contributed by atoms with van der Waals surface area (Å²) in [6.07, 6.45) is 3.23. The van der Waals surface area contributed by atoms with Crippen molar-refractivity contribution in [3.05, 3.63) is 41.0 Å². The van der Waals surface area contributed by atoms with E-state index in [9.17, 15) is 0 Å². The van der Waals surface area contributed by atoms with Crippen LogP contribution in [0.15, 0.2) is 29.8 Å². The lowest BCUT2D eigenvalue weighted by atomic mass is 10.1. The third kappa shape index (κ3) is 4.84. The Morgan fingerprint density at radius 1 is 1.35 bits per heavy atom. The van der Waals surface area contributed by atoms with Gasteiger partial charge in [-0.2, -0.15) is 5.26 Å². The molecule has 0 aromatic heterocycles. The van der Waals surface area contributed by atoms with Crippen LogP contribution in [0.25, 0.3) is 6.08 Å². The van der Waals surface area contributed by atoms with Crippen LogP contribution in [0.3, 0.4) is 0 Å². The molecule has 0 atom stereocenters. The Hall–Kier alpha value is -1.59. The van der Waals surface area contributed by atoms with E-state index in [1.807, 2.05) is 24.3 Å². The molecule has 0 aliphatic heterocycles. The molecular weight excluding hydrogens is 208 g/mol. The Morgan fingerprint density at radius 3 is 2.47 bits per heavy atom. The molecule has 0 aliphatic carbocycles. The van der Waals surface area contributed by atoms with Gasteiger partial charge in [-0.1, -0.05) is 44.6 Å². The van der Waals surface area contributed by atoms with Gasteiger partial charge in [0, 0.05) is 12.6 Å². The van der Waals surface area contributed by atoms with E-state index in [4.69, 9.17) is 5.26 Å². The summed E-state index contributed by atoms with van der Waals surface area (Å²) in [5.41, 5.74) is 3.25. The van der Waals surface area contributed by atoms with Gasteiger partial charge in [0.1, 0.15) is 0 Å². The number of hydrogen-bond donors (Lipinski definition) is 1. The molecule has 0 heterocycles. The van der Waals surface area contributed by atoms with Gasteiger partial charge < -0.3 is 5.32 Å². The maximum Gasteiger partial charge on any atom is 0.0991 e. The Balaban J connectivity index is 2.72. The molecule has 0 spiro atoms. The van der Waals surface area contributed by atoms with Crippen LogP contribution >= 0.6 is 0 Å². The Bertz CT molecular complexity index is 408. The van der Waals surface area contributed by atoms with Crippen LogP contribution in [0, 0.1) is 11.3 Å². The van der Waals surface area contributed by atoms with Crippen molar-refractivity contribution in [2.75, 3.05) is 6.54 Å². The molecule has 90 valence electrons. The van der Waals surface area contributed by atoms with Crippen molar-refractivity contribution >= 4 is 6.08 Å². The normalized spacial score (nSPS) is 11.6. The predicted octanol–water partition coefficient (Wildman–Crippen LogP) is 3.35.